The molecule has 0 aromatic heterocycles. The molecule has 12 heteroatoms. The number of quaternary nitrogens is 1. The molecule has 1 aromatic carbocycles. The number of amides is 2. The summed E-state index contributed by atoms with van der Waals surface area (Å²) in [5, 5.41) is 13.5. The number of halogens is 2. The van der Waals surface area contributed by atoms with E-state index in [0.29, 0.717) is 33.7 Å². The van der Waals surface area contributed by atoms with Crippen LogP contribution in [0.2, 0.25) is 10.0 Å². The fourth-order valence-corrected chi connectivity index (χ4v) is 8.02. The van der Waals surface area contributed by atoms with Gasteiger partial charge in [-0.2, -0.15) is 0 Å². The van der Waals surface area contributed by atoms with Crippen LogP contribution >= 0.6 is 46.7 Å². The first-order valence-corrected chi connectivity index (χ1v) is 13.9. The fraction of sp³-hybridized carbons (Fsp3) is 0.500. The lowest BCUT2D eigenvalue weighted by atomic mass is 10.0. The quantitative estimate of drug-likeness (QED) is 0.308. The normalized spacial score (nSPS) is 30.1. The standard InChI is InChI=1S/C22H24Cl2N4O4S2/c23-14-1-2-15(24)16(9-14)33-11-13-12-34-21-18(20(30)27(21)19(13)22(31)32)25-17(29)10-28-6-3-26(4-7-28)5-8-28/h1-2,9,18,21H,3-8,10-12H2,(H-,25,29,31,32)/p+1/t18-,21-/m1/s1. The van der Waals surface area contributed by atoms with Gasteiger partial charge in [0.1, 0.15) is 17.1 Å². The van der Waals surface area contributed by atoms with Gasteiger partial charge in [0.05, 0.1) is 24.7 Å². The number of thioether (sulfide) groups is 2. The van der Waals surface area contributed by atoms with Crippen molar-refractivity contribution < 1.29 is 24.0 Å². The second-order valence-corrected chi connectivity index (χ2v) is 12.1. The average Bonchev–Trinajstić information content (AvgIpc) is 2.83. The molecule has 6 rings (SSSR count). The van der Waals surface area contributed by atoms with Crippen LogP contribution in [-0.2, 0) is 14.4 Å². The predicted molar refractivity (Wildman–Crippen MR) is 133 cm³/mol. The summed E-state index contributed by atoms with van der Waals surface area (Å²) in [7, 11) is 0. The summed E-state index contributed by atoms with van der Waals surface area (Å²) in [6.07, 6.45) is 0. The number of nitrogens with zero attached hydrogens (tertiary/aromatic N) is 3. The molecule has 0 radical (unpaired) electrons. The van der Waals surface area contributed by atoms with E-state index in [1.54, 1.807) is 18.2 Å². The van der Waals surface area contributed by atoms with Gasteiger partial charge in [-0.1, -0.05) is 23.2 Å². The van der Waals surface area contributed by atoms with Crippen molar-refractivity contribution in [2.24, 2.45) is 0 Å². The van der Waals surface area contributed by atoms with Crippen LogP contribution in [0.25, 0.3) is 0 Å². The maximum atomic E-state index is 13.0. The molecule has 0 aliphatic carbocycles. The van der Waals surface area contributed by atoms with Crippen LogP contribution in [0.1, 0.15) is 0 Å². The highest BCUT2D eigenvalue weighted by Crippen LogP contribution is 2.42. The SMILES string of the molecule is O=C(C[N+]12CCN(CC1)CC2)N[C@@H]1C(=O)N2C(C(=O)O)=C(CSc3cc(Cl)ccc3Cl)CS[C@H]12. The first-order chi connectivity index (χ1) is 16.3. The number of hydrogen-bond acceptors (Lipinski definition) is 6. The highest BCUT2D eigenvalue weighted by Gasteiger charge is 2.54. The molecule has 182 valence electrons. The van der Waals surface area contributed by atoms with E-state index in [0.717, 1.165) is 48.6 Å². The van der Waals surface area contributed by atoms with Crippen molar-refractivity contribution in [3.05, 3.63) is 39.5 Å². The number of carbonyl (C=O) groups is 3. The van der Waals surface area contributed by atoms with E-state index in [9.17, 15) is 19.5 Å². The molecule has 0 spiro atoms. The molecule has 4 saturated heterocycles. The molecular formula is C22H25Cl2N4O4S2+. The molecule has 5 heterocycles. The minimum absolute atomic E-state index is 0.0129. The van der Waals surface area contributed by atoms with Gasteiger partial charge >= 0.3 is 5.97 Å². The second-order valence-electron chi connectivity index (χ2n) is 9.09. The lowest BCUT2D eigenvalue weighted by Gasteiger charge is -2.51. The maximum absolute atomic E-state index is 13.0. The van der Waals surface area contributed by atoms with Crippen molar-refractivity contribution in [1.29, 1.82) is 0 Å². The third kappa shape index (κ3) is 4.56. The summed E-state index contributed by atoms with van der Waals surface area (Å²) in [6.45, 7) is 6.28. The van der Waals surface area contributed by atoms with E-state index in [1.165, 1.54) is 28.4 Å². The minimum atomic E-state index is -1.14. The Kier molecular flexibility index (Phi) is 6.82. The summed E-state index contributed by atoms with van der Waals surface area (Å²) in [4.78, 5) is 42.4. The van der Waals surface area contributed by atoms with Gasteiger partial charge in [-0.15, -0.1) is 23.5 Å². The van der Waals surface area contributed by atoms with E-state index in [1.807, 2.05) is 0 Å². The van der Waals surface area contributed by atoms with Crippen molar-refractivity contribution >= 4 is 64.5 Å². The molecule has 2 amide bonds. The first-order valence-electron chi connectivity index (χ1n) is 11.1. The maximum Gasteiger partial charge on any atom is 0.352 e. The number of rotatable bonds is 7. The van der Waals surface area contributed by atoms with E-state index in [4.69, 9.17) is 23.2 Å². The molecule has 2 bridgehead atoms. The Labute approximate surface area is 216 Å². The van der Waals surface area contributed by atoms with Crippen LogP contribution in [0.3, 0.4) is 0 Å². The van der Waals surface area contributed by atoms with Gasteiger partial charge in [-0.05, 0) is 23.8 Å². The zero-order chi connectivity index (χ0) is 24.0. The summed E-state index contributed by atoms with van der Waals surface area (Å²) >= 11 is 15.2. The molecule has 1 aromatic rings. The number of carbonyl (C=O) groups excluding carboxylic acids is 2. The van der Waals surface area contributed by atoms with Crippen LogP contribution in [0.15, 0.2) is 34.4 Å². The first kappa shape index (κ1) is 24.3. The molecule has 34 heavy (non-hydrogen) atoms. The minimum Gasteiger partial charge on any atom is -0.477 e. The largest absolute Gasteiger partial charge is 0.477 e. The van der Waals surface area contributed by atoms with Gasteiger partial charge in [0.25, 0.3) is 11.8 Å². The molecule has 4 fully saturated rings. The summed E-state index contributed by atoms with van der Waals surface area (Å²) < 4.78 is 0.776. The second kappa shape index (κ2) is 9.55. The number of carboxylic acids is 1. The number of fused-ring (bicyclic) bond motifs is 4. The lowest BCUT2D eigenvalue weighted by Crippen LogP contribution is -2.73. The van der Waals surface area contributed by atoms with E-state index in [2.05, 4.69) is 10.2 Å². The number of piperazine rings is 3. The smallest absolute Gasteiger partial charge is 0.352 e. The van der Waals surface area contributed by atoms with Gasteiger partial charge in [0, 0.05) is 41.1 Å². The molecule has 0 saturated carbocycles. The molecule has 5 aliphatic heterocycles. The van der Waals surface area contributed by atoms with Crippen LogP contribution in [0, 0.1) is 0 Å². The third-order valence-electron chi connectivity index (χ3n) is 7.01. The Balaban J connectivity index is 1.25. The number of nitrogens with one attached hydrogen (secondary N) is 1. The van der Waals surface area contributed by atoms with Crippen LogP contribution < -0.4 is 5.32 Å². The summed E-state index contributed by atoms with van der Waals surface area (Å²) in [5.41, 5.74) is 0.663. The summed E-state index contributed by atoms with van der Waals surface area (Å²) in [6, 6.07) is 4.45. The number of hydrogen-bond donors (Lipinski definition) is 2. The molecule has 5 aliphatic rings. The van der Waals surface area contributed by atoms with Gasteiger partial charge in [-0.3, -0.25) is 19.4 Å². The van der Waals surface area contributed by atoms with Crippen LogP contribution in [-0.4, -0.2) is 106 Å². The number of carboxylic acid groups (broad SMARTS) is 1. The van der Waals surface area contributed by atoms with Crippen molar-refractivity contribution in [3.63, 3.8) is 0 Å². The fourth-order valence-electron chi connectivity index (χ4n) is 5.04. The Morgan fingerprint density at radius 1 is 1.21 bits per heavy atom. The molecule has 2 N–H and O–H groups in total. The third-order valence-corrected chi connectivity index (χ3v) is 10.2. The van der Waals surface area contributed by atoms with Crippen molar-refractivity contribution in [2.45, 2.75) is 16.3 Å². The van der Waals surface area contributed by atoms with E-state index in [-0.39, 0.29) is 17.5 Å². The van der Waals surface area contributed by atoms with Gasteiger partial charge in [0.2, 0.25) is 0 Å². The van der Waals surface area contributed by atoms with Crippen molar-refractivity contribution in [2.75, 3.05) is 57.3 Å². The molecular weight excluding hydrogens is 519 g/mol. The van der Waals surface area contributed by atoms with Crippen LogP contribution in [0.5, 0.6) is 0 Å². The Morgan fingerprint density at radius 3 is 2.59 bits per heavy atom. The zero-order valence-electron chi connectivity index (χ0n) is 18.3. The van der Waals surface area contributed by atoms with E-state index < -0.39 is 17.4 Å². The van der Waals surface area contributed by atoms with E-state index >= 15 is 0 Å². The number of β-lactam (4-membered cyclic amide) rings is 1. The Morgan fingerprint density at radius 2 is 1.91 bits per heavy atom. The number of aliphatic carboxylic acids is 1. The lowest BCUT2D eigenvalue weighted by molar-refractivity contribution is -0.933. The van der Waals surface area contributed by atoms with Gasteiger partial charge < -0.3 is 14.9 Å². The van der Waals surface area contributed by atoms with Gasteiger partial charge in [0.15, 0.2) is 6.54 Å². The van der Waals surface area contributed by atoms with Crippen LogP contribution in [0.4, 0.5) is 0 Å². The summed E-state index contributed by atoms with van der Waals surface area (Å²) in [5.74, 6) is -0.801. The number of benzene rings is 1. The predicted octanol–water partition coefficient (Wildman–Crippen LogP) is 1.97. The average molecular weight is 545 g/mol. The van der Waals surface area contributed by atoms with Gasteiger partial charge in [-0.25, -0.2) is 4.79 Å². The topological polar surface area (TPSA) is 90.0 Å². The molecule has 0 unspecified atom stereocenters. The zero-order valence-corrected chi connectivity index (χ0v) is 21.5. The Bertz CT molecular complexity index is 1060. The molecule has 2 atom stereocenters. The monoisotopic (exact) mass is 543 g/mol. The highest BCUT2D eigenvalue weighted by atomic mass is 35.5. The molecule has 8 nitrogen and oxygen atoms in total. The van der Waals surface area contributed by atoms with Crippen molar-refractivity contribution in [1.82, 2.24) is 15.1 Å². The Hall–Kier alpha value is -1.43. The highest BCUT2D eigenvalue weighted by molar-refractivity contribution is 8.01. The van der Waals surface area contributed by atoms with Crippen molar-refractivity contribution in [3.8, 4) is 0 Å².